The van der Waals surface area contributed by atoms with Gasteiger partial charge in [0.25, 0.3) is 5.91 Å². The van der Waals surface area contributed by atoms with Crippen LogP contribution in [0.15, 0.2) is 24.3 Å². The summed E-state index contributed by atoms with van der Waals surface area (Å²) in [6.45, 7) is 0.403. The molecule has 0 aromatic heterocycles. The van der Waals surface area contributed by atoms with Crippen molar-refractivity contribution >= 4 is 33.4 Å². The average molecular weight is 428 g/mol. The first kappa shape index (κ1) is 19.6. The van der Waals surface area contributed by atoms with Crippen LogP contribution in [-0.2, 0) is 19.6 Å². The van der Waals surface area contributed by atoms with Gasteiger partial charge in [-0.3, -0.25) is 9.59 Å². The van der Waals surface area contributed by atoms with E-state index in [9.17, 15) is 18.0 Å². The monoisotopic (exact) mass is 427 g/mol. The number of nitrogens with zero attached hydrogens (tertiary/aromatic N) is 3. The highest BCUT2D eigenvalue weighted by Gasteiger charge is 2.65. The Morgan fingerprint density at radius 3 is 2.57 bits per heavy atom. The number of ether oxygens (including phenoxy) is 1. The standard InChI is InChI=1S/C18H22ClN3O5S/c1-20(2)16(23)9-22-11-18-10-21(17(24)12-3-5-13(19)6-4-12)8-14(27-18)7-15(18)28(22,25)26/h3-6,14-15H,7-11H2,1-2H3/t14-,15+,18+/m1/s1. The molecule has 3 heterocycles. The molecule has 3 fully saturated rings. The summed E-state index contributed by atoms with van der Waals surface area (Å²) in [5.74, 6) is -0.466. The number of sulfonamides is 1. The van der Waals surface area contributed by atoms with E-state index in [0.717, 1.165) is 0 Å². The molecular formula is C18H22ClN3O5S. The van der Waals surface area contributed by atoms with Crippen molar-refractivity contribution in [1.29, 1.82) is 0 Å². The molecule has 0 radical (unpaired) electrons. The number of hydrogen-bond donors (Lipinski definition) is 0. The molecule has 1 aromatic carbocycles. The van der Waals surface area contributed by atoms with Crippen molar-refractivity contribution in [2.24, 2.45) is 0 Å². The van der Waals surface area contributed by atoms with Crippen LogP contribution in [0.1, 0.15) is 16.8 Å². The normalized spacial score (nSPS) is 30.9. The highest BCUT2D eigenvalue weighted by atomic mass is 35.5. The zero-order valence-corrected chi connectivity index (χ0v) is 17.2. The Kier molecular flexibility index (Phi) is 4.69. The van der Waals surface area contributed by atoms with Gasteiger partial charge in [-0.2, -0.15) is 4.31 Å². The Morgan fingerprint density at radius 1 is 1.25 bits per heavy atom. The van der Waals surface area contributed by atoms with Gasteiger partial charge in [0, 0.05) is 37.8 Å². The number of amides is 2. The van der Waals surface area contributed by atoms with Gasteiger partial charge in [-0.25, -0.2) is 8.42 Å². The molecule has 28 heavy (non-hydrogen) atoms. The van der Waals surface area contributed by atoms with Crippen LogP contribution in [0.3, 0.4) is 0 Å². The maximum Gasteiger partial charge on any atom is 0.254 e. The van der Waals surface area contributed by atoms with Gasteiger partial charge in [0.2, 0.25) is 15.9 Å². The molecule has 0 N–H and O–H groups in total. The zero-order valence-electron chi connectivity index (χ0n) is 15.7. The van der Waals surface area contributed by atoms with Crippen molar-refractivity contribution in [2.45, 2.75) is 23.4 Å². The number of likely N-dealkylation sites (N-methyl/N-ethyl adjacent to an activating group) is 1. The Balaban J connectivity index is 1.58. The third kappa shape index (κ3) is 3.10. The predicted molar refractivity (Wildman–Crippen MR) is 103 cm³/mol. The van der Waals surface area contributed by atoms with Gasteiger partial charge in [-0.15, -0.1) is 0 Å². The van der Waals surface area contributed by atoms with Crippen LogP contribution in [0, 0.1) is 0 Å². The molecule has 1 spiro atoms. The van der Waals surface area contributed by atoms with Crippen LogP contribution < -0.4 is 0 Å². The lowest BCUT2D eigenvalue weighted by Crippen LogP contribution is -2.56. The SMILES string of the molecule is CN(C)C(=O)CN1C[C@@]23CN(C(=O)c4ccc(Cl)cc4)C[C@@H](C[C@@H]2S1(=O)=O)O3. The van der Waals surface area contributed by atoms with Crippen molar-refractivity contribution in [3.63, 3.8) is 0 Å². The molecule has 2 amide bonds. The summed E-state index contributed by atoms with van der Waals surface area (Å²) in [5, 5.41) is -0.191. The third-order valence-electron chi connectivity index (χ3n) is 5.70. The number of halogens is 1. The molecule has 4 rings (SSSR count). The molecular weight excluding hydrogens is 406 g/mol. The molecule has 0 saturated carbocycles. The van der Waals surface area contributed by atoms with E-state index in [1.807, 2.05) is 0 Å². The lowest BCUT2D eigenvalue weighted by atomic mass is 9.99. The summed E-state index contributed by atoms with van der Waals surface area (Å²) < 4.78 is 33.3. The van der Waals surface area contributed by atoms with Crippen LogP contribution in [0.5, 0.6) is 0 Å². The van der Waals surface area contributed by atoms with Gasteiger partial charge in [0.15, 0.2) is 0 Å². The second kappa shape index (κ2) is 6.69. The van der Waals surface area contributed by atoms with E-state index >= 15 is 0 Å². The van der Waals surface area contributed by atoms with Crippen molar-refractivity contribution in [3.8, 4) is 0 Å². The first-order chi connectivity index (χ1) is 13.1. The largest absolute Gasteiger partial charge is 0.365 e. The number of hydrogen-bond acceptors (Lipinski definition) is 5. The fourth-order valence-electron chi connectivity index (χ4n) is 4.31. The second-order valence-electron chi connectivity index (χ2n) is 7.82. The second-order valence-corrected chi connectivity index (χ2v) is 10.4. The maximum atomic E-state index is 13.0. The van der Waals surface area contributed by atoms with Crippen molar-refractivity contribution in [3.05, 3.63) is 34.9 Å². The minimum absolute atomic E-state index is 0.0838. The highest BCUT2D eigenvalue weighted by molar-refractivity contribution is 7.90. The van der Waals surface area contributed by atoms with Crippen LogP contribution in [-0.4, -0.2) is 91.6 Å². The summed E-state index contributed by atoms with van der Waals surface area (Å²) in [7, 11) is -0.496. The van der Waals surface area contributed by atoms with Gasteiger partial charge in [-0.05, 0) is 30.7 Å². The smallest absolute Gasteiger partial charge is 0.254 e. The Labute approximate surface area is 169 Å². The number of likely N-dealkylation sites (tertiary alicyclic amines) is 1. The molecule has 0 aliphatic carbocycles. The molecule has 3 saturated heterocycles. The first-order valence-corrected chi connectivity index (χ1v) is 10.9. The lowest BCUT2D eigenvalue weighted by Gasteiger charge is -2.39. The zero-order chi connectivity index (χ0) is 20.3. The van der Waals surface area contributed by atoms with E-state index in [4.69, 9.17) is 16.3 Å². The quantitative estimate of drug-likeness (QED) is 0.698. The first-order valence-electron chi connectivity index (χ1n) is 9.04. The molecule has 3 aliphatic rings. The molecule has 8 nitrogen and oxygen atoms in total. The Morgan fingerprint density at radius 2 is 1.93 bits per heavy atom. The molecule has 10 heteroatoms. The average Bonchev–Trinajstić information content (AvgIpc) is 3.00. The number of benzene rings is 1. The maximum absolute atomic E-state index is 13.0. The van der Waals surface area contributed by atoms with Gasteiger partial charge in [0.05, 0.1) is 19.2 Å². The molecule has 3 atom stereocenters. The molecule has 1 aromatic rings. The highest BCUT2D eigenvalue weighted by Crippen LogP contribution is 2.46. The summed E-state index contributed by atoms with van der Waals surface area (Å²) >= 11 is 5.89. The number of rotatable bonds is 3. The van der Waals surface area contributed by atoms with E-state index in [0.29, 0.717) is 23.6 Å². The summed E-state index contributed by atoms with van der Waals surface area (Å²) in [4.78, 5) is 28.0. The van der Waals surface area contributed by atoms with E-state index in [1.165, 1.54) is 9.21 Å². The summed E-state index contributed by atoms with van der Waals surface area (Å²) in [6.07, 6.45) is 0.0100. The molecule has 3 aliphatic heterocycles. The topological polar surface area (TPSA) is 87.2 Å². The van der Waals surface area contributed by atoms with E-state index < -0.39 is 20.9 Å². The van der Waals surface area contributed by atoms with E-state index in [1.54, 1.807) is 43.3 Å². The van der Waals surface area contributed by atoms with E-state index in [-0.39, 0.29) is 37.6 Å². The number of carbonyl (C=O) groups is 2. The van der Waals surface area contributed by atoms with Crippen LogP contribution in [0.25, 0.3) is 0 Å². The van der Waals surface area contributed by atoms with Gasteiger partial charge in [0.1, 0.15) is 10.9 Å². The summed E-state index contributed by atoms with van der Waals surface area (Å²) in [5.41, 5.74) is -0.490. The minimum atomic E-state index is -3.67. The van der Waals surface area contributed by atoms with Crippen LogP contribution >= 0.6 is 11.6 Å². The summed E-state index contributed by atoms with van der Waals surface area (Å²) in [6, 6.07) is 6.62. The van der Waals surface area contributed by atoms with Crippen LogP contribution in [0.2, 0.25) is 5.02 Å². The number of morpholine rings is 1. The molecule has 2 bridgehead atoms. The lowest BCUT2D eigenvalue weighted by molar-refractivity contribution is -0.130. The molecule has 0 unspecified atom stereocenters. The third-order valence-corrected chi connectivity index (χ3v) is 8.27. The van der Waals surface area contributed by atoms with Gasteiger partial charge in [-0.1, -0.05) is 11.6 Å². The Hall–Kier alpha value is -1.68. The van der Waals surface area contributed by atoms with Crippen molar-refractivity contribution in [2.75, 3.05) is 40.3 Å². The predicted octanol–water partition coefficient (Wildman–Crippen LogP) is 0.426. The van der Waals surface area contributed by atoms with Crippen molar-refractivity contribution < 1.29 is 22.7 Å². The van der Waals surface area contributed by atoms with Gasteiger partial charge >= 0.3 is 0 Å². The molecule has 152 valence electrons. The fourth-order valence-corrected chi connectivity index (χ4v) is 6.69. The van der Waals surface area contributed by atoms with Gasteiger partial charge < -0.3 is 14.5 Å². The Bertz CT molecular complexity index is 920. The minimum Gasteiger partial charge on any atom is -0.365 e. The number of fused-ring (bicyclic) bond motifs is 1. The van der Waals surface area contributed by atoms with Crippen molar-refractivity contribution in [1.82, 2.24) is 14.1 Å². The number of carbonyl (C=O) groups excluding carboxylic acids is 2. The van der Waals surface area contributed by atoms with Crippen LogP contribution in [0.4, 0.5) is 0 Å². The van der Waals surface area contributed by atoms with E-state index in [2.05, 4.69) is 0 Å². The fraction of sp³-hybridized carbons (Fsp3) is 0.556.